The number of hydrogen-bond donors (Lipinski definition) is 0. The van der Waals surface area contributed by atoms with Crippen LogP contribution in [0.3, 0.4) is 0 Å². The molecule has 5 nitrogen and oxygen atoms in total. The van der Waals surface area contributed by atoms with Crippen LogP contribution < -0.4 is 0 Å². The normalized spacial score (nSPS) is 22.8. The summed E-state index contributed by atoms with van der Waals surface area (Å²) in [5.74, 6) is 0.867. The molecule has 2 aromatic rings. The third-order valence-corrected chi connectivity index (χ3v) is 4.58. The van der Waals surface area contributed by atoms with Crippen LogP contribution in [0.25, 0.3) is 5.78 Å². The Kier molecular flexibility index (Phi) is 3.15. The van der Waals surface area contributed by atoms with E-state index in [1.54, 1.807) is 16.3 Å². The molecule has 0 aliphatic heterocycles. The van der Waals surface area contributed by atoms with Crippen molar-refractivity contribution in [1.82, 2.24) is 19.6 Å². The van der Waals surface area contributed by atoms with Crippen molar-refractivity contribution in [3.63, 3.8) is 0 Å². The molecule has 0 saturated heterocycles. The summed E-state index contributed by atoms with van der Waals surface area (Å²) in [6.45, 7) is 3.97. The number of nitrogens with zero attached hydrogens (tertiary/aromatic N) is 5. The average Bonchev–Trinajstić information content (AvgIpc) is 2.96. The van der Waals surface area contributed by atoms with Crippen molar-refractivity contribution in [2.75, 3.05) is 0 Å². The van der Waals surface area contributed by atoms with E-state index in [0.29, 0.717) is 11.0 Å². The van der Waals surface area contributed by atoms with Gasteiger partial charge in [-0.3, -0.25) is 0 Å². The Morgan fingerprint density at radius 2 is 2.21 bits per heavy atom. The average molecular weight is 273 g/mol. The Hall–Kier alpha value is -1.61. The van der Waals surface area contributed by atoms with Gasteiger partial charge in [-0.25, -0.2) is 9.50 Å². The van der Waals surface area contributed by atoms with Gasteiger partial charge in [0.1, 0.15) is 0 Å². The molecule has 1 fully saturated rings. The zero-order chi connectivity index (χ0) is 13.4. The Morgan fingerprint density at radius 1 is 1.37 bits per heavy atom. The first-order valence-corrected chi connectivity index (χ1v) is 7.31. The quantitative estimate of drug-likeness (QED) is 0.841. The van der Waals surface area contributed by atoms with Gasteiger partial charge in [0.05, 0.1) is 6.07 Å². The third kappa shape index (κ3) is 2.43. The molecule has 0 N–H and O–H groups in total. The van der Waals surface area contributed by atoms with Gasteiger partial charge in [0.25, 0.3) is 5.78 Å². The van der Waals surface area contributed by atoms with Crippen molar-refractivity contribution in [2.24, 2.45) is 5.92 Å². The van der Waals surface area contributed by atoms with Gasteiger partial charge in [-0.15, -0.1) is 5.10 Å². The van der Waals surface area contributed by atoms with E-state index in [0.717, 1.165) is 35.8 Å². The first kappa shape index (κ1) is 12.4. The Balaban J connectivity index is 1.83. The van der Waals surface area contributed by atoms with E-state index in [2.05, 4.69) is 21.1 Å². The molecule has 98 valence electrons. The Labute approximate surface area is 116 Å². The molecule has 0 spiro atoms. The summed E-state index contributed by atoms with van der Waals surface area (Å²) in [7, 11) is 0. The summed E-state index contributed by atoms with van der Waals surface area (Å²) in [6, 6.07) is 4.35. The highest BCUT2D eigenvalue weighted by Gasteiger charge is 2.26. The molecule has 1 aliphatic rings. The lowest BCUT2D eigenvalue weighted by Crippen LogP contribution is -1.98. The van der Waals surface area contributed by atoms with Crippen LogP contribution in [-0.4, -0.2) is 24.8 Å². The van der Waals surface area contributed by atoms with E-state index in [9.17, 15) is 0 Å². The van der Waals surface area contributed by atoms with Crippen LogP contribution in [0.2, 0.25) is 0 Å². The van der Waals surface area contributed by atoms with Gasteiger partial charge < -0.3 is 0 Å². The third-order valence-electron chi connectivity index (χ3n) is 3.44. The topological polar surface area (TPSA) is 66.9 Å². The highest BCUT2D eigenvalue weighted by Crippen LogP contribution is 2.36. The number of hydrogen-bond acceptors (Lipinski definition) is 5. The minimum absolute atomic E-state index is 0.205. The van der Waals surface area contributed by atoms with Crippen LogP contribution in [0, 0.1) is 31.1 Å². The Morgan fingerprint density at radius 3 is 2.95 bits per heavy atom. The second kappa shape index (κ2) is 4.82. The molecule has 3 rings (SSSR count). The number of rotatable bonds is 2. The van der Waals surface area contributed by atoms with E-state index in [1.807, 2.05) is 19.9 Å². The van der Waals surface area contributed by atoms with Crippen LogP contribution in [0.5, 0.6) is 0 Å². The van der Waals surface area contributed by atoms with Crippen LogP contribution in [0.4, 0.5) is 0 Å². The first-order valence-electron chi connectivity index (χ1n) is 6.43. The highest BCUT2D eigenvalue weighted by atomic mass is 32.2. The minimum Gasteiger partial charge on any atom is -0.216 e. The van der Waals surface area contributed by atoms with Crippen LogP contribution in [-0.2, 0) is 0 Å². The number of aryl methyl sites for hydroxylation is 2. The molecule has 2 atom stereocenters. The number of fused-ring (bicyclic) bond motifs is 1. The predicted molar refractivity (Wildman–Crippen MR) is 72.9 cm³/mol. The maximum Gasteiger partial charge on any atom is 0.253 e. The van der Waals surface area contributed by atoms with Crippen molar-refractivity contribution in [1.29, 1.82) is 5.26 Å². The summed E-state index contributed by atoms with van der Waals surface area (Å²) < 4.78 is 1.78. The van der Waals surface area contributed by atoms with Gasteiger partial charge in [-0.1, -0.05) is 11.8 Å². The fraction of sp³-hybridized carbons (Fsp3) is 0.538. The SMILES string of the molecule is Cc1cc(C)n2nc(S[C@@H]3CC[C@@H](C#N)C3)nc2n1. The van der Waals surface area contributed by atoms with E-state index in [1.165, 1.54) is 0 Å². The predicted octanol–water partition coefficient (Wildman–Crippen LogP) is 2.53. The van der Waals surface area contributed by atoms with Crippen molar-refractivity contribution >= 4 is 17.5 Å². The summed E-state index contributed by atoms with van der Waals surface area (Å²) in [4.78, 5) is 8.86. The van der Waals surface area contributed by atoms with Crippen molar-refractivity contribution in [2.45, 2.75) is 43.5 Å². The molecular weight excluding hydrogens is 258 g/mol. The molecule has 6 heteroatoms. The number of nitriles is 1. The smallest absolute Gasteiger partial charge is 0.216 e. The van der Waals surface area contributed by atoms with E-state index < -0.39 is 0 Å². The van der Waals surface area contributed by atoms with E-state index in [4.69, 9.17) is 5.26 Å². The lowest BCUT2D eigenvalue weighted by molar-refractivity contribution is 0.702. The monoisotopic (exact) mass is 273 g/mol. The zero-order valence-corrected chi connectivity index (χ0v) is 11.8. The molecule has 2 heterocycles. The van der Waals surface area contributed by atoms with Crippen molar-refractivity contribution in [3.8, 4) is 6.07 Å². The van der Waals surface area contributed by atoms with Gasteiger partial charge in [0, 0.05) is 22.6 Å². The summed E-state index contributed by atoms with van der Waals surface area (Å²) >= 11 is 1.68. The van der Waals surface area contributed by atoms with E-state index >= 15 is 0 Å². The molecule has 0 aromatic carbocycles. The fourth-order valence-electron chi connectivity index (χ4n) is 2.51. The van der Waals surface area contributed by atoms with Crippen molar-refractivity contribution in [3.05, 3.63) is 17.5 Å². The summed E-state index contributed by atoms with van der Waals surface area (Å²) in [5, 5.41) is 14.6. The maximum absolute atomic E-state index is 8.93. The second-order valence-corrected chi connectivity index (χ2v) is 6.29. The molecule has 19 heavy (non-hydrogen) atoms. The molecule has 1 aliphatic carbocycles. The standard InChI is InChI=1S/C13H15N5S/c1-8-5-9(2)18-12(15-8)16-13(17-18)19-11-4-3-10(6-11)7-14/h5,10-11H,3-4,6H2,1-2H3/t10-,11-/m1/s1. The lowest BCUT2D eigenvalue weighted by Gasteiger charge is -2.03. The lowest BCUT2D eigenvalue weighted by atomic mass is 10.1. The number of aromatic nitrogens is 4. The largest absolute Gasteiger partial charge is 0.253 e. The highest BCUT2D eigenvalue weighted by molar-refractivity contribution is 7.99. The zero-order valence-electron chi connectivity index (χ0n) is 11.0. The van der Waals surface area contributed by atoms with Gasteiger partial charge in [0.15, 0.2) is 0 Å². The molecule has 0 bridgehead atoms. The fourth-order valence-corrected chi connectivity index (χ4v) is 3.66. The van der Waals surface area contributed by atoms with Gasteiger partial charge in [0.2, 0.25) is 5.16 Å². The molecule has 0 unspecified atom stereocenters. The van der Waals surface area contributed by atoms with Gasteiger partial charge >= 0.3 is 0 Å². The van der Waals surface area contributed by atoms with Crippen LogP contribution >= 0.6 is 11.8 Å². The second-order valence-electron chi connectivity index (χ2n) is 5.02. The van der Waals surface area contributed by atoms with Crippen LogP contribution in [0.1, 0.15) is 30.7 Å². The molecule has 0 amide bonds. The molecule has 1 saturated carbocycles. The minimum atomic E-state index is 0.205. The van der Waals surface area contributed by atoms with Crippen LogP contribution in [0.15, 0.2) is 11.2 Å². The summed E-state index contributed by atoms with van der Waals surface area (Å²) in [6.07, 6.45) is 3.02. The Bertz CT molecular complexity index is 657. The van der Waals surface area contributed by atoms with E-state index in [-0.39, 0.29) is 5.92 Å². The van der Waals surface area contributed by atoms with Gasteiger partial charge in [-0.05, 0) is 39.2 Å². The maximum atomic E-state index is 8.93. The molecular formula is C13H15N5S. The number of thioether (sulfide) groups is 1. The summed E-state index contributed by atoms with van der Waals surface area (Å²) in [5.41, 5.74) is 2.00. The van der Waals surface area contributed by atoms with Crippen molar-refractivity contribution < 1.29 is 0 Å². The first-order chi connectivity index (χ1) is 9.15. The molecule has 2 aromatic heterocycles. The van der Waals surface area contributed by atoms with Gasteiger partial charge in [-0.2, -0.15) is 10.2 Å². The molecule has 0 radical (unpaired) electrons.